The van der Waals surface area contributed by atoms with Gasteiger partial charge in [-0.15, -0.1) is 0 Å². The fourth-order valence-corrected chi connectivity index (χ4v) is 3.82. The smallest absolute Gasteiger partial charge is 0.243 e. The molecule has 0 spiro atoms. The van der Waals surface area contributed by atoms with Crippen molar-refractivity contribution in [2.24, 2.45) is 0 Å². The molecule has 0 atom stereocenters. The van der Waals surface area contributed by atoms with Gasteiger partial charge < -0.3 is 5.32 Å². The molecule has 6 heteroatoms. The van der Waals surface area contributed by atoms with Gasteiger partial charge in [0.25, 0.3) is 0 Å². The predicted octanol–water partition coefficient (Wildman–Crippen LogP) is 2.79. The molecule has 0 aliphatic heterocycles. The van der Waals surface area contributed by atoms with Crippen LogP contribution < -0.4 is 5.32 Å². The molecule has 0 aromatic heterocycles. The molecule has 1 aromatic carbocycles. The normalized spacial score (nSPS) is 12.4. The summed E-state index contributed by atoms with van der Waals surface area (Å²) in [5.41, 5.74) is 1.66. The minimum Gasteiger partial charge on any atom is -0.313 e. The molecule has 20 heavy (non-hydrogen) atoms. The maximum atomic E-state index is 12.6. The first-order valence-corrected chi connectivity index (χ1v) is 8.51. The molecule has 1 rings (SSSR count). The predicted molar refractivity (Wildman–Crippen MR) is 83.7 cm³/mol. The van der Waals surface area contributed by atoms with Gasteiger partial charge in [-0.25, -0.2) is 8.42 Å². The Labute approximate surface area is 127 Å². The third-order valence-corrected chi connectivity index (χ3v) is 5.76. The summed E-state index contributed by atoms with van der Waals surface area (Å²) in [4.78, 5) is 0.286. The van der Waals surface area contributed by atoms with E-state index in [1.807, 2.05) is 33.8 Å². The quantitative estimate of drug-likeness (QED) is 0.877. The van der Waals surface area contributed by atoms with Gasteiger partial charge in [-0.05, 0) is 50.6 Å². The molecule has 0 bridgehead atoms. The second-order valence-electron chi connectivity index (χ2n) is 5.08. The van der Waals surface area contributed by atoms with Crippen molar-refractivity contribution in [3.63, 3.8) is 0 Å². The third kappa shape index (κ3) is 3.73. The van der Waals surface area contributed by atoms with Crippen molar-refractivity contribution in [3.05, 3.63) is 28.3 Å². The zero-order valence-electron chi connectivity index (χ0n) is 12.7. The molecule has 0 aliphatic rings. The summed E-state index contributed by atoms with van der Waals surface area (Å²) < 4.78 is 26.6. The summed E-state index contributed by atoms with van der Waals surface area (Å²) in [6, 6.07) is 3.24. The van der Waals surface area contributed by atoms with Crippen LogP contribution in [0.4, 0.5) is 0 Å². The van der Waals surface area contributed by atoms with Gasteiger partial charge in [-0.1, -0.05) is 18.5 Å². The number of sulfonamides is 1. The lowest BCUT2D eigenvalue weighted by Crippen LogP contribution is -2.33. The van der Waals surface area contributed by atoms with Gasteiger partial charge in [0.1, 0.15) is 0 Å². The summed E-state index contributed by atoms with van der Waals surface area (Å²) in [6.07, 6.45) is 0. The van der Waals surface area contributed by atoms with Crippen molar-refractivity contribution in [1.82, 2.24) is 9.62 Å². The van der Waals surface area contributed by atoms with Crippen LogP contribution in [0.25, 0.3) is 0 Å². The highest BCUT2D eigenvalue weighted by Crippen LogP contribution is 2.27. The Morgan fingerprint density at radius 3 is 2.45 bits per heavy atom. The summed E-state index contributed by atoms with van der Waals surface area (Å²) in [6.45, 7) is 8.94. The lowest BCUT2D eigenvalue weighted by atomic mass is 10.1. The summed E-state index contributed by atoms with van der Waals surface area (Å²) in [5, 5.41) is 3.64. The number of benzene rings is 1. The second-order valence-corrected chi connectivity index (χ2v) is 7.49. The van der Waals surface area contributed by atoms with Gasteiger partial charge in [0.05, 0.1) is 4.90 Å². The average Bonchev–Trinajstić information content (AvgIpc) is 2.37. The molecule has 0 aliphatic carbocycles. The Balaban J connectivity index is 3.35. The standard InChI is InChI=1S/C14H23ClN2O2S/c1-6-16-9-12-7-13(15)8-14(11(12)4)20(18,19)17(5)10(2)3/h7-8,10,16H,6,9H2,1-5H3. The van der Waals surface area contributed by atoms with Crippen LogP contribution in [-0.2, 0) is 16.6 Å². The minimum absolute atomic E-state index is 0.101. The Hall–Kier alpha value is -0.620. The van der Waals surface area contributed by atoms with Crippen LogP contribution in [0.2, 0.25) is 5.02 Å². The number of rotatable bonds is 6. The fourth-order valence-electron chi connectivity index (χ4n) is 1.85. The Kier molecular flexibility index (Phi) is 6.01. The van der Waals surface area contributed by atoms with Gasteiger partial charge in [0.15, 0.2) is 0 Å². The van der Waals surface area contributed by atoms with E-state index in [0.29, 0.717) is 11.6 Å². The molecule has 0 unspecified atom stereocenters. The zero-order valence-corrected chi connectivity index (χ0v) is 14.3. The first kappa shape index (κ1) is 17.4. The molecule has 1 aromatic rings. The third-order valence-electron chi connectivity index (χ3n) is 3.38. The number of nitrogens with one attached hydrogen (secondary N) is 1. The topological polar surface area (TPSA) is 49.4 Å². The molecule has 0 amide bonds. The first-order chi connectivity index (χ1) is 9.21. The van der Waals surface area contributed by atoms with Crippen LogP contribution in [0.1, 0.15) is 31.9 Å². The van der Waals surface area contributed by atoms with Gasteiger partial charge in [0.2, 0.25) is 10.0 Å². The maximum Gasteiger partial charge on any atom is 0.243 e. The van der Waals surface area contributed by atoms with Crippen molar-refractivity contribution in [1.29, 1.82) is 0 Å². The second kappa shape index (κ2) is 6.89. The Bertz CT molecular complexity index is 571. The summed E-state index contributed by atoms with van der Waals surface area (Å²) in [5.74, 6) is 0. The van der Waals surface area contributed by atoms with Crippen LogP contribution in [0, 0.1) is 6.92 Å². The molecule has 0 radical (unpaired) electrons. The monoisotopic (exact) mass is 318 g/mol. The van der Waals surface area contributed by atoms with Crippen LogP contribution in [0.3, 0.4) is 0 Å². The SMILES string of the molecule is CCNCc1cc(Cl)cc(S(=O)(=O)N(C)C(C)C)c1C. The molecule has 114 valence electrons. The van der Waals surface area contributed by atoms with Crippen molar-refractivity contribution >= 4 is 21.6 Å². The fraction of sp³-hybridized carbons (Fsp3) is 0.571. The van der Waals surface area contributed by atoms with Crippen LogP contribution in [0.5, 0.6) is 0 Å². The van der Waals surface area contributed by atoms with E-state index in [-0.39, 0.29) is 10.9 Å². The van der Waals surface area contributed by atoms with Crippen molar-refractivity contribution in [3.8, 4) is 0 Å². The molecule has 0 saturated heterocycles. The minimum atomic E-state index is -3.52. The van der Waals surface area contributed by atoms with Gasteiger partial charge in [0, 0.05) is 24.7 Å². The molecule has 0 saturated carbocycles. The van der Waals surface area contributed by atoms with Crippen molar-refractivity contribution in [2.75, 3.05) is 13.6 Å². The Morgan fingerprint density at radius 2 is 1.95 bits per heavy atom. The van der Waals surface area contributed by atoms with Crippen LogP contribution in [0.15, 0.2) is 17.0 Å². The molecular formula is C14H23ClN2O2S. The van der Waals surface area contributed by atoms with Crippen LogP contribution >= 0.6 is 11.6 Å². The van der Waals surface area contributed by atoms with E-state index >= 15 is 0 Å². The van der Waals surface area contributed by atoms with E-state index in [2.05, 4.69) is 5.32 Å². The van der Waals surface area contributed by atoms with Gasteiger partial charge in [-0.3, -0.25) is 0 Å². The highest BCUT2D eigenvalue weighted by molar-refractivity contribution is 7.89. The Morgan fingerprint density at radius 1 is 1.35 bits per heavy atom. The zero-order chi connectivity index (χ0) is 15.5. The van der Waals surface area contributed by atoms with Crippen molar-refractivity contribution < 1.29 is 8.42 Å². The molecule has 1 N–H and O–H groups in total. The molecule has 4 nitrogen and oxygen atoms in total. The number of halogens is 1. The van der Waals surface area contributed by atoms with Gasteiger partial charge >= 0.3 is 0 Å². The van der Waals surface area contributed by atoms with E-state index in [1.54, 1.807) is 7.05 Å². The average molecular weight is 319 g/mol. The highest BCUT2D eigenvalue weighted by atomic mass is 35.5. The van der Waals surface area contributed by atoms with Crippen LogP contribution in [-0.4, -0.2) is 32.4 Å². The number of hydrogen-bond acceptors (Lipinski definition) is 3. The lowest BCUT2D eigenvalue weighted by molar-refractivity contribution is 0.410. The van der Waals surface area contributed by atoms with E-state index < -0.39 is 10.0 Å². The summed E-state index contributed by atoms with van der Waals surface area (Å²) >= 11 is 6.08. The lowest BCUT2D eigenvalue weighted by Gasteiger charge is -2.23. The number of hydrogen-bond donors (Lipinski definition) is 1. The maximum absolute atomic E-state index is 12.6. The number of nitrogens with zero attached hydrogens (tertiary/aromatic N) is 1. The largest absolute Gasteiger partial charge is 0.313 e. The van der Waals surface area contributed by atoms with E-state index in [9.17, 15) is 8.42 Å². The van der Waals surface area contributed by atoms with Crippen molar-refractivity contribution in [2.45, 2.75) is 45.2 Å². The van der Waals surface area contributed by atoms with E-state index in [1.165, 1.54) is 10.4 Å². The highest BCUT2D eigenvalue weighted by Gasteiger charge is 2.26. The first-order valence-electron chi connectivity index (χ1n) is 6.69. The molecule has 0 fully saturated rings. The van der Waals surface area contributed by atoms with E-state index in [4.69, 9.17) is 11.6 Å². The van der Waals surface area contributed by atoms with E-state index in [0.717, 1.165) is 17.7 Å². The molecule has 0 heterocycles. The molecular weight excluding hydrogens is 296 g/mol. The van der Waals surface area contributed by atoms with Gasteiger partial charge in [-0.2, -0.15) is 4.31 Å². The summed E-state index contributed by atoms with van der Waals surface area (Å²) in [7, 11) is -1.93.